The summed E-state index contributed by atoms with van der Waals surface area (Å²) in [6, 6.07) is 2.93. The molecule has 0 spiro atoms. The van der Waals surface area contributed by atoms with E-state index in [2.05, 4.69) is 0 Å². The van der Waals surface area contributed by atoms with E-state index in [0.717, 1.165) is 6.07 Å². The van der Waals surface area contributed by atoms with Crippen LogP contribution in [-0.4, -0.2) is 60.4 Å². The molecular formula is C14H16ClFN4O3. The second-order valence-electron chi connectivity index (χ2n) is 5.10. The van der Waals surface area contributed by atoms with E-state index in [1.807, 2.05) is 5.32 Å². The minimum atomic E-state index is -0.903. The number of rotatable bonds is 3. The molecule has 23 heavy (non-hydrogen) atoms. The average Bonchev–Trinajstić information content (AvgIpc) is 2.49. The van der Waals surface area contributed by atoms with E-state index in [9.17, 15) is 18.8 Å². The van der Waals surface area contributed by atoms with Crippen LogP contribution in [0, 0.1) is 5.82 Å². The van der Waals surface area contributed by atoms with Crippen molar-refractivity contribution in [3.05, 3.63) is 34.6 Å². The van der Waals surface area contributed by atoms with Gasteiger partial charge in [0.25, 0.3) is 5.91 Å². The lowest BCUT2D eigenvalue weighted by Gasteiger charge is -2.34. The van der Waals surface area contributed by atoms with Gasteiger partial charge in [0.2, 0.25) is 5.91 Å². The summed E-state index contributed by atoms with van der Waals surface area (Å²) < 4.78 is 13.7. The molecule has 2 rings (SSSR count). The number of imide groups is 1. The van der Waals surface area contributed by atoms with Crippen molar-refractivity contribution in [2.75, 3.05) is 32.7 Å². The Labute approximate surface area is 137 Å². The van der Waals surface area contributed by atoms with Crippen molar-refractivity contribution in [2.24, 2.45) is 5.73 Å². The third-order valence-corrected chi connectivity index (χ3v) is 3.68. The number of nitrogens with two attached hydrogens (primary N) is 1. The minimum Gasteiger partial charge on any atom is -0.351 e. The fourth-order valence-corrected chi connectivity index (χ4v) is 2.49. The number of primary amides is 1. The van der Waals surface area contributed by atoms with E-state index in [1.54, 1.807) is 4.90 Å². The Morgan fingerprint density at radius 2 is 1.87 bits per heavy atom. The molecule has 0 atom stereocenters. The Morgan fingerprint density at radius 3 is 2.48 bits per heavy atom. The number of nitrogens with zero attached hydrogens (tertiary/aromatic N) is 2. The average molecular weight is 343 g/mol. The number of benzene rings is 1. The Balaban J connectivity index is 1.91. The van der Waals surface area contributed by atoms with Gasteiger partial charge in [-0.25, -0.2) is 9.18 Å². The van der Waals surface area contributed by atoms with E-state index < -0.39 is 23.7 Å². The molecule has 1 aromatic carbocycles. The van der Waals surface area contributed by atoms with Crippen molar-refractivity contribution < 1.29 is 18.8 Å². The highest BCUT2D eigenvalue weighted by Gasteiger charge is 2.25. The van der Waals surface area contributed by atoms with Gasteiger partial charge < -0.3 is 10.6 Å². The molecule has 0 aromatic heterocycles. The zero-order valence-electron chi connectivity index (χ0n) is 12.2. The van der Waals surface area contributed by atoms with Crippen LogP contribution in [-0.2, 0) is 4.79 Å². The predicted octanol–water partition coefficient (Wildman–Crippen LogP) is 0.432. The zero-order chi connectivity index (χ0) is 17.0. The van der Waals surface area contributed by atoms with Crippen LogP contribution in [0.4, 0.5) is 9.18 Å². The van der Waals surface area contributed by atoms with Crippen molar-refractivity contribution in [1.29, 1.82) is 0 Å². The lowest BCUT2D eigenvalue weighted by Crippen LogP contribution is -2.52. The highest BCUT2D eigenvalue weighted by molar-refractivity contribution is 6.31. The van der Waals surface area contributed by atoms with Crippen LogP contribution in [0.5, 0.6) is 0 Å². The zero-order valence-corrected chi connectivity index (χ0v) is 13.0. The quantitative estimate of drug-likeness (QED) is 0.832. The first-order valence-corrected chi connectivity index (χ1v) is 7.30. The molecule has 1 saturated heterocycles. The minimum absolute atomic E-state index is 0.0104. The van der Waals surface area contributed by atoms with Gasteiger partial charge in [-0.3, -0.25) is 19.8 Å². The number of piperazine rings is 1. The first kappa shape index (κ1) is 17.2. The second-order valence-corrected chi connectivity index (χ2v) is 5.54. The van der Waals surface area contributed by atoms with Gasteiger partial charge in [-0.1, -0.05) is 11.6 Å². The molecule has 1 aliphatic heterocycles. The number of carbonyl (C=O) groups excluding carboxylic acids is 3. The van der Waals surface area contributed by atoms with Gasteiger partial charge >= 0.3 is 6.03 Å². The molecule has 3 N–H and O–H groups in total. The van der Waals surface area contributed by atoms with Crippen LogP contribution in [0.15, 0.2) is 18.2 Å². The first-order valence-electron chi connectivity index (χ1n) is 6.93. The Morgan fingerprint density at radius 1 is 1.22 bits per heavy atom. The number of urea groups is 1. The molecule has 1 aliphatic rings. The van der Waals surface area contributed by atoms with Crippen LogP contribution in [0.3, 0.4) is 0 Å². The molecule has 0 aliphatic carbocycles. The number of halogens is 2. The van der Waals surface area contributed by atoms with E-state index in [0.29, 0.717) is 26.2 Å². The summed E-state index contributed by atoms with van der Waals surface area (Å²) in [5, 5.41) is 2.27. The van der Waals surface area contributed by atoms with Crippen LogP contribution in [0.1, 0.15) is 10.4 Å². The number of carbonyl (C=O) groups is 3. The molecule has 0 bridgehead atoms. The summed E-state index contributed by atoms with van der Waals surface area (Å²) in [6.45, 7) is 1.56. The summed E-state index contributed by atoms with van der Waals surface area (Å²) in [5.74, 6) is -1.56. The van der Waals surface area contributed by atoms with E-state index in [-0.39, 0.29) is 17.1 Å². The van der Waals surface area contributed by atoms with Gasteiger partial charge in [0, 0.05) is 31.2 Å². The molecule has 0 saturated carbocycles. The van der Waals surface area contributed by atoms with Gasteiger partial charge in [-0.15, -0.1) is 0 Å². The van der Waals surface area contributed by atoms with Gasteiger partial charge in [0.1, 0.15) is 5.82 Å². The number of amides is 4. The van der Waals surface area contributed by atoms with Gasteiger partial charge in [0.15, 0.2) is 0 Å². The van der Waals surface area contributed by atoms with Crippen molar-refractivity contribution in [3.63, 3.8) is 0 Å². The summed E-state index contributed by atoms with van der Waals surface area (Å²) in [6.07, 6.45) is 0. The lowest BCUT2D eigenvalue weighted by molar-refractivity contribution is -0.121. The summed E-state index contributed by atoms with van der Waals surface area (Å²) in [4.78, 5) is 37.6. The van der Waals surface area contributed by atoms with E-state index >= 15 is 0 Å². The maximum absolute atomic E-state index is 13.7. The van der Waals surface area contributed by atoms with Crippen molar-refractivity contribution in [3.8, 4) is 0 Å². The van der Waals surface area contributed by atoms with Gasteiger partial charge in [-0.05, 0) is 18.2 Å². The summed E-state index contributed by atoms with van der Waals surface area (Å²) >= 11 is 5.79. The van der Waals surface area contributed by atoms with Crippen LogP contribution in [0.2, 0.25) is 5.02 Å². The van der Waals surface area contributed by atoms with Crippen LogP contribution < -0.4 is 11.1 Å². The van der Waals surface area contributed by atoms with Gasteiger partial charge in [-0.2, -0.15) is 0 Å². The van der Waals surface area contributed by atoms with Crippen molar-refractivity contribution in [2.45, 2.75) is 0 Å². The largest absolute Gasteiger partial charge is 0.351 e. The SMILES string of the molecule is NC(=O)NC(=O)CN1CCN(C(=O)c2cc(Cl)ccc2F)CC1. The second kappa shape index (κ2) is 7.38. The van der Waals surface area contributed by atoms with Crippen LogP contribution >= 0.6 is 11.6 Å². The number of hydrogen-bond acceptors (Lipinski definition) is 4. The molecule has 1 heterocycles. The smallest absolute Gasteiger partial charge is 0.318 e. The normalized spacial score (nSPS) is 15.3. The Kier molecular flexibility index (Phi) is 5.51. The highest BCUT2D eigenvalue weighted by Crippen LogP contribution is 2.17. The molecule has 1 fully saturated rings. The Bertz CT molecular complexity index is 632. The lowest BCUT2D eigenvalue weighted by atomic mass is 10.1. The van der Waals surface area contributed by atoms with E-state index in [4.69, 9.17) is 17.3 Å². The van der Waals surface area contributed by atoms with Crippen LogP contribution in [0.25, 0.3) is 0 Å². The standard InChI is InChI=1S/C14H16ClFN4O3/c15-9-1-2-11(16)10(7-9)13(22)20-5-3-19(4-6-20)8-12(21)18-14(17)23/h1-2,7H,3-6,8H2,(H3,17,18,21,23). The molecular weight excluding hydrogens is 327 g/mol. The topological polar surface area (TPSA) is 95.7 Å². The number of nitrogens with one attached hydrogen (secondary N) is 1. The first-order chi connectivity index (χ1) is 10.9. The third-order valence-electron chi connectivity index (χ3n) is 3.45. The molecule has 0 radical (unpaired) electrons. The van der Waals surface area contributed by atoms with E-state index in [1.165, 1.54) is 17.0 Å². The van der Waals surface area contributed by atoms with Gasteiger partial charge in [0.05, 0.1) is 12.1 Å². The number of hydrogen-bond donors (Lipinski definition) is 2. The summed E-state index contributed by atoms with van der Waals surface area (Å²) in [5.41, 5.74) is 4.79. The summed E-state index contributed by atoms with van der Waals surface area (Å²) in [7, 11) is 0. The predicted molar refractivity (Wildman–Crippen MR) is 81.5 cm³/mol. The maximum atomic E-state index is 13.7. The van der Waals surface area contributed by atoms with Crippen molar-refractivity contribution in [1.82, 2.24) is 15.1 Å². The molecule has 1 aromatic rings. The maximum Gasteiger partial charge on any atom is 0.318 e. The fraction of sp³-hybridized carbons (Fsp3) is 0.357. The van der Waals surface area contributed by atoms with Crippen molar-refractivity contribution >= 4 is 29.4 Å². The highest BCUT2D eigenvalue weighted by atomic mass is 35.5. The molecule has 0 unspecified atom stereocenters. The Hall–Kier alpha value is -2.19. The molecule has 7 nitrogen and oxygen atoms in total. The third kappa shape index (κ3) is 4.64. The molecule has 4 amide bonds. The molecule has 124 valence electrons. The molecule has 9 heteroatoms. The monoisotopic (exact) mass is 342 g/mol. The fourth-order valence-electron chi connectivity index (χ4n) is 2.32.